The van der Waals surface area contributed by atoms with Crippen LogP contribution in [0.3, 0.4) is 0 Å². The molecule has 1 aliphatic carbocycles. The number of nitrogens with one attached hydrogen (secondary N) is 1. The third-order valence-corrected chi connectivity index (χ3v) is 6.25. The Balaban J connectivity index is 2.23. The van der Waals surface area contributed by atoms with E-state index >= 15 is 0 Å². The highest BCUT2D eigenvalue weighted by atomic mass is 79.9. The van der Waals surface area contributed by atoms with E-state index in [9.17, 15) is 13.5 Å². The van der Waals surface area contributed by atoms with Crippen LogP contribution in [-0.4, -0.2) is 25.7 Å². The maximum absolute atomic E-state index is 12.4. The van der Waals surface area contributed by atoms with Crippen molar-refractivity contribution in [3.05, 3.63) is 21.6 Å². The minimum atomic E-state index is -3.70. The lowest BCUT2D eigenvalue weighted by Gasteiger charge is -2.26. The molecule has 0 aliphatic heterocycles. The van der Waals surface area contributed by atoms with Crippen LogP contribution in [0.4, 0.5) is 5.69 Å². The molecule has 0 saturated heterocycles. The van der Waals surface area contributed by atoms with Gasteiger partial charge in [0.05, 0.1) is 15.5 Å². The van der Waals surface area contributed by atoms with E-state index in [1.165, 1.54) is 12.1 Å². The Morgan fingerprint density at radius 1 is 1.30 bits per heavy atom. The predicted molar refractivity (Wildman–Crippen MR) is 82.1 cm³/mol. The largest absolute Gasteiger partial charge is 0.398 e. The van der Waals surface area contributed by atoms with Crippen molar-refractivity contribution in [2.24, 2.45) is 0 Å². The summed E-state index contributed by atoms with van der Waals surface area (Å²) in [4.78, 5) is 0.0358. The number of anilines is 1. The minimum Gasteiger partial charge on any atom is -0.398 e. The second-order valence-corrected chi connectivity index (χ2v) is 7.85. The van der Waals surface area contributed by atoms with Crippen molar-refractivity contribution in [2.45, 2.75) is 42.7 Å². The third-order valence-electron chi connectivity index (χ3n) is 3.34. The molecule has 0 radical (unpaired) electrons. The van der Waals surface area contributed by atoms with Gasteiger partial charge in [0.15, 0.2) is 0 Å². The Morgan fingerprint density at radius 3 is 2.50 bits per heavy atom. The van der Waals surface area contributed by atoms with Gasteiger partial charge in [0.25, 0.3) is 0 Å². The molecule has 5 nitrogen and oxygen atoms in total. The van der Waals surface area contributed by atoms with E-state index in [1.54, 1.807) is 0 Å². The van der Waals surface area contributed by atoms with E-state index in [-0.39, 0.29) is 27.8 Å². The number of sulfonamides is 1. The first-order chi connectivity index (χ1) is 9.29. The monoisotopic (exact) mass is 382 g/mol. The van der Waals surface area contributed by atoms with Gasteiger partial charge in [-0.2, -0.15) is 0 Å². The van der Waals surface area contributed by atoms with Crippen LogP contribution in [0.5, 0.6) is 0 Å². The van der Waals surface area contributed by atoms with Crippen molar-refractivity contribution in [3.8, 4) is 0 Å². The molecule has 1 fully saturated rings. The molecule has 20 heavy (non-hydrogen) atoms. The summed E-state index contributed by atoms with van der Waals surface area (Å²) in [6.07, 6.45) is 2.12. The summed E-state index contributed by atoms with van der Waals surface area (Å²) >= 11 is 9.05. The molecule has 2 rings (SSSR count). The highest BCUT2D eigenvalue weighted by molar-refractivity contribution is 9.10. The maximum atomic E-state index is 12.4. The van der Waals surface area contributed by atoms with E-state index in [4.69, 9.17) is 17.3 Å². The van der Waals surface area contributed by atoms with Gasteiger partial charge in [-0.3, -0.25) is 0 Å². The Bertz CT molecular complexity index is 601. The maximum Gasteiger partial charge on any atom is 0.242 e. The van der Waals surface area contributed by atoms with Crippen LogP contribution in [0, 0.1) is 0 Å². The van der Waals surface area contributed by atoms with Gasteiger partial charge in [-0.15, -0.1) is 0 Å². The Kier molecular flexibility index (Phi) is 4.96. The number of aliphatic hydroxyl groups excluding tert-OH is 1. The topological polar surface area (TPSA) is 92.4 Å². The zero-order valence-corrected chi connectivity index (χ0v) is 13.8. The zero-order valence-electron chi connectivity index (χ0n) is 10.6. The van der Waals surface area contributed by atoms with E-state index < -0.39 is 10.0 Å². The molecule has 0 atom stereocenters. The molecular formula is C12H16BrClN2O3S. The number of nitrogens with two attached hydrogens (primary N) is 1. The van der Waals surface area contributed by atoms with E-state index in [2.05, 4.69) is 20.7 Å². The fraction of sp³-hybridized carbons (Fsp3) is 0.500. The Morgan fingerprint density at radius 2 is 1.90 bits per heavy atom. The van der Waals surface area contributed by atoms with E-state index in [0.717, 1.165) is 0 Å². The highest BCUT2D eigenvalue weighted by Gasteiger charge is 2.27. The predicted octanol–water partition coefficient (Wildman–Crippen LogP) is 2.27. The van der Waals surface area contributed by atoms with Gasteiger partial charge in [0.2, 0.25) is 10.0 Å². The van der Waals surface area contributed by atoms with Crippen LogP contribution < -0.4 is 10.5 Å². The molecule has 1 aliphatic rings. The number of aliphatic hydroxyl groups is 1. The minimum absolute atomic E-state index is 0.0358. The van der Waals surface area contributed by atoms with Gasteiger partial charge in [-0.1, -0.05) is 11.6 Å². The molecule has 0 bridgehead atoms. The van der Waals surface area contributed by atoms with Gasteiger partial charge >= 0.3 is 0 Å². The Hall–Kier alpha value is -0.340. The van der Waals surface area contributed by atoms with Crippen molar-refractivity contribution in [3.63, 3.8) is 0 Å². The molecule has 0 aromatic heterocycles. The summed E-state index contributed by atoms with van der Waals surface area (Å²) in [5.41, 5.74) is 5.99. The first-order valence-electron chi connectivity index (χ1n) is 6.24. The quantitative estimate of drug-likeness (QED) is 0.698. The molecule has 0 amide bonds. The fourth-order valence-corrected chi connectivity index (χ4v) is 4.85. The van der Waals surface area contributed by atoms with Gasteiger partial charge in [-0.05, 0) is 53.7 Å². The van der Waals surface area contributed by atoms with Gasteiger partial charge in [-0.25, -0.2) is 13.1 Å². The summed E-state index contributed by atoms with van der Waals surface area (Å²) in [5.74, 6) is 0. The lowest BCUT2D eigenvalue weighted by molar-refractivity contribution is 0.120. The molecule has 0 spiro atoms. The lowest BCUT2D eigenvalue weighted by atomic mass is 9.94. The van der Waals surface area contributed by atoms with E-state index in [0.29, 0.717) is 30.2 Å². The first-order valence-corrected chi connectivity index (χ1v) is 8.90. The average Bonchev–Trinajstić information content (AvgIpc) is 2.36. The fourth-order valence-electron chi connectivity index (χ4n) is 2.26. The second-order valence-electron chi connectivity index (χ2n) is 4.93. The van der Waals surface area contributed by atoms with Crippen LogP contribution in [0.2, 0.25) is 5.02 Å². The molecule has 0 unspecified atom stereocenters. The number of hydrogen-bond donors (Lipinski definition) is 3. The molecule has 1 saturated carbocycles. The number of hydrogen-bond acceptors (Lipinski definition) is 4. The van der Waals surface area contributed by atoms with Crippen molar-refractivity contribution < 1.29 is 13.5 Å². The molecule has 0 heterocycles. The van der Waals surface area contributed by atoms with Crippen molar-refractivity contribution in [2.75, 3.05) is 5.73 Å². The number of rotatable bonds is 3. The average molecular weight is 384 g/mol. The molecule has 4 N–H and O–H groups in total. The number of benzene rings is 1. The molecular weight excluding hydrogens is 368 g/mol. The SMILES string of the molecule is Nc1cc(Cl)cc(S(=O)(=O)NC2CCC(O)CC2)c1Br. The van der Waals surface area contributed by atoms with Gasteiger partial charge in [0.1, 0.15) is 0 Å². The molecule has 8 heteroatoms. The third kappa shape index (κ3) is 3.65. The second kappa shape index (κ2) is 6.19. The van der Waals surface area contributed by atoms with Crippen LogP contribution in [-0.2, 0) is 10.0 Å². The number of halogens is 2. The summed E-state index contributed by atoms with van der Waals surface area (Å²) < 4.78 is 27.7. The van der Waals surface area contributed by atoms with Crippen LogP contribution in [0.25, 0.3) is 0 Å². The first kappa shape index (κ1) is 16.0. The summed E-state index contributed by atoms with van der Waals surface area (Å²) in [5, 5.41) is 9.71. The van der Waals surface area contributed by atoms with Gasteiger partial charge in [0, 0.05) is 16.8 Å². The smallest absolute Gasteiger partial charge is 0.242 e. The standard InChI is InChI=1S/C12H16BrClN2O3S/c13-12-10(15)5-7(14)6-11(12)20(18,19)16-8-1-3-9(17)4-2-8/h5-6,8-9,16-17H,1-4,15H2. The lowest BCUT2D eigenvalue weighted by Crippen LogP contribution is -2.38. The normalized spacial score (nSPS) is 23.8. The summed E-state index contributed by atoms with van der Waals surface area (Å²) in [7, 11) is -3.70. The Labute approximate surface area is 131 Å². The number of nitrogen functional groups attached to an aromatic ring is 1. The van der Waals surface area contributed by atoms with Crippen LogP contribution >= 0.6 is 27.5 Å². The summed E-state index contributed by atoms with van der Waals surface area (Å²) in [6.45, 7) is 0. The van der Waals surface area contributed by atoms with Gasteiger partial charge < -0.3 is 10.8 Å². The van der Waals surface area contributed by atoms with Crippen molar-refractivity contribution >= 4 is 43.2 Å². The zero-order chi connectivity index (χ0) is 14.9. The van der Waals surface area contributed by atoms with Crippen LogP contribution in [0.15, 0.2) is 21.5 Å². The molecule has 1 aromatic rings. The summed E-state index contributed by atoms with van der Waals surface area (Å²) in [6, 6.07) is 2.68. The van der Waals surface area contributed by atoms with Crippen molar-refractivity contribution in [1.82, 2.24) is 4.72 Å². The molecule has 112 valence electrons. The van der Waals surface area contributed by atoms with Crippen molar-refractivity contribution in [1.29, 1.82) is 0 Å². The van der Waals surface area contributed by atoms with E-state index in [1.807, 2.05) is 0 Å². The van der Waals surface area contributed by atoms with Crippen LogP contribution in [0.1, 0.15) is 25.7 Å². The molecule has 1 aromatic carbocycles. The highest BCUT2D eigenvalue weighted by Crippen LogP contribution is 2.32.